The van der Waals surface area contributed by atoms with E-state index in [2.05, 4.69) is 10.6 Å². The normalized spacial score (nSPS) is 19.3. The Bertz CT molecular complexity index is 388. The number of benzene rings is 1. The molecule has 5 heteroatoms. The zero-order chi connectivity index (χ0) is 12.8. The largest absolute Gasteiger partial charge is 0.449 e. The Kier molecular flexibility index (Phi) is 4.84. The first kappa shape index (κ1) is 13.2. The maximum Gasteiger partial charge on any atom is 0.411 e. The molecule has 0 spiro atoms. The quantitative estimate of drug-likeness (QED) is 0.886. The lowest BCUT2D eigenvalue weighted by atomic mass is 10.0. The Morgan fingerprint density at radius 3 is 2.89 bits per heavy atom. The van der Waals surface area contributed by atoms with Crippen molar-refractivity contribution in [2.45, 2.75) is 12.8 Å². The van der Waals surface area contributed by atoms with Crippen LogP contribution in [-0.4, -0.2) is 25.8 Å². The highest BCUT2D eigenvalue weighted by molar-refractivity contribution is 6.30. The summed E-state index contributed by atoms with van der Waals surface area (Å²) in [5, 5.41) is 6.60. The molecule has 0 saturated carbocycles. The standard InChI is InChI=1S/C13H17ClN2O2/c14-11-3-5-12(6-4-11)16-13(17)18-9-10-2-1-7-15-8-10/h3-6,10,15H,1-2,7-9H2,(H,16,17). The van der Waals surface area contributed by atoms with Gasteiger partial charge in [-0.05, 0) is 43.7 Å². The molecule has 1 fully saturated rings. The van der Waals surface area contributed by atoms with Crippen LogP contribution < -0.4 is 10.6 Å². The number of carbonyl (C=O) groups is 1. The van der Waals surface area contributed by atoms with Crippen molar-refractivity contribution in [1.29, 1.82) is 0 Å². The van der Waals surface area contributed by atoms with Gasteiger partial charge in [-0.15, -0.1) is 0 Å². The Balaban J connectivity index is 1.73. The third-order valence-corrected chi connectivity index (χ3v) is 3.19. The van der Waals surface area contributed by atoms with Crippen LogP contribution >= 0.6 is 11.6 Å². The van der Waals surface area contributed by atoms with Crippen LogP contribution in [0.25, 0.3) is 0 Å². The first-order valence-corrected chi connectivity index (χ1v) is 6.52. The van der Waals surface area contributed by atoms with Crippen molar-refractivity contribution in [3.63, 3.8) is 0 Å². The van der Waals surface area contributed by atoms with Gasteiger partial charge in [0.2, 0.25) is 0 Å². The van der Waals surface area contributed by atoms with Gasteiger partial charge < -0.3 is 10.1 Å². The van der Waals surface area contributed by atoms with Gasteiger partial charge in [0.25, 0.3) is 0 Å². The summed E-state index contributed by atoms with van der Waals surface area (Å²) in [6, 6.07) is 6.93. The lowest BCUT2D eigenvalue weighted by Crippen LogP contribution is -2.33. The molecule has 1 aliphatic heterocycles. The van der Waals surface area contributed by atoms with Gasteiger partial charge in [0.15, 0.2) is 0 Å². The van der Waals surface area contributed by atoms with Crippen molar-refractivity contribution >= 4 is 23.4 Å². The summed E-state index contributed by atoms with van der Waals surface area (Å²) in [6.45, 7) is 2.45. The van der Waals surface area contributed by atoms with Gasteiger partial charge in [0, 0.05) is 23.2 Å². The van der Waals surface area contributed by atoms with Crippen molar-refractivity contribution < 1.29 is 9.53 Å². The predicted molar refractivity (Wildman–Crippen MR) is 72.0 cm³/mol. The van der Waals surface area contributed by atoms with Crippen LogP contribution in [0.5, 0.6) is 0 Å². The minimum atomic E-state index is -0.414. The van der Waals surface area contributed by atoms with Gasteiger partial charge in [0.1, 0.15) is 0 Å². The fraction of sp³-hybridized carbons (Fsp3) is 0.462. The second-order valence-corrected chi connectivity index (χ2v) is 4.88. The predicted octanol–water partition coefficient (Wildman–Crippen LogP) is 2.89. The van der Waals surface area contributed by atoms with E-state index in [9.17, 15) is 4.79 Å². The van der Waals surface area contributed by atoms with Crippen LogP contribution in [0, 0.1) is 5.92 Å². The van der Waals surface area contributed by atoms with Crippen molar-refractivity contribution in [1.82, 2.24) is 5.32 Å². The zero-order valence-corrected chi connectivity index (χ0v) is 10.9. The van der Waals surface area contributed by atoms with Gasteiger partial charge in [0.05, 0.1) is 6.61 Å². The molecule has 0 bridgehead atoms. The van der Waals surface area contributed by atoms with Crippen molar-refractivity contribution in [2.75, 3.05) is 25.0 Å². The van der Waals surface area contributed by atoms with Crippen LogP contribution in [0.1, 0.15) is 12.8 Å². The van der Waals surface area contributed by atoms with Crippen molar-refractivity contribution in [2.24, 2.45) is 5.92 Å². The molecule has 1 amide bonds. The van der Waals surface area contributed by atoms with Gasteiger partial charge in [-0.3, -0.25) is 5.32 Å². The average Bonchev–Trinajstić information content (AvgIpc) is 2.40. The number of rotatable bonds is 3. The molecule has 1 heterocycles. The lowest BCUT2D eigenvalue weighted by Gasteiger charge is -2.22. The van der Waals surface area contributed by atoms with E-state index in [1.54, 1.807) is 24.3 Å². The lowest BCUT2D eigenvalue weighted by molar-refractivity contribution is 0.132. The highest BCUT2D eigenvalue weighted by Crippen LogP contribution is 2.14. The first-order valence-electron chi connectivity index (χ1n) is 6.14. The van der Waals surface area contributed by atoms with Gasteiger partial charge in [-0.1, -0.05) is 11.6 Å². The number of piperidine rings is 1. The molecule has 1 atom stereocenters. The fourth-order valence-corrected chi connectivity index (χ4v) is 2.07. The Labute approximate surface area is 112 Å². The molecule has 4 nitrogen and oxygen atoms in total. The molecule has 1 aliphatic rings. The van der Waals surface area contributed by atoms with Crippen LogP contribution in [0.4, 0.5) is 10.5 Å². The van der Waals surface area contributed by atoms with E-state index in [1.807, 2.05) is 0 Å². The number of hydrogen-bond acceptors (Lipinski definition) is 3. The number of nitrogens with one attached hydrogen (secondary N) is 2. The molecule has 1 aromatic rings. The third-order valence-electron chi connectivity index (χ3n) is 2.94. The molecule has 1 saturated heterocycles. The molecule has 18 heavy (non-hydrogen) atoms. The number of amides is 1. The number of anilines is 1. The highest BCUT2D eigenvalue weighted by Gasteiger charge is 2.15. The topological polar surface area (TPSA) is 50.4 Å². The minimum absolute atomic E-state index is 0.414. The van der Waals surface area contributed by atoms with E-state index in [4.69, 9.17) is 16.3 Å². The van der Waals surface area contributed by atoms with Gasteiger partial charge in [-0.25, -0.2) is 4.79 Å². The molecule has 98 valence electrons. The first-order chi connectivity index (χ1) is 8.74. The molecule has 0 aliphatic carbocycles. The summed E-state index contributed by atoms with van der Waals surface area (Å²) in [5.74, 6) is 0.426. The Morgan fingerprint density at radius 1 is 1.44 bits per heavy atom. The summed E-state index contributed by atoms with van der Waals surface area (Å²) >= 11 is 5.76. The molecular weight excluding hydrogens is 252 g/mol. The molecule has 2 N–H and O–H groups in total. The molecule has 2 rings (SSSR count). The summed E-state index contributed by atoms with van der Waals surface area (Å²) in [5.41, 5.74) is 0.686. The van der Waals surface area contributed by atoms with Gasteiger partial charge >= 0.3 is 6.09 Å². The van der Waals surface area contributed by atoms with E-state index >= 15 is 0 Å². The minimum Gasteiger partial charge on any atom is -0.449 e. The van der Waals surface area contributed by atoms with E-state index < -0.39 is 6.09 Å². The number of carbonyl (C=O) groups excluding carboxylic acids is 1. The SMILES string of the molecule is O=C(Nc1ccc(Cl)cc1)OCC1CCCNC1. The summed E-state index contributed by atoms with van der Waals surface area (Å²) in [4.78, 5) is 11.6. The van der Waals surface area contributed by atoms with E-state index in [0.29, 0.717) is 23.2 Å². The second kappa shape index (κ2) is 6.61. The fourth-order valence-electron chi connectivity index (χ4n) is 1.95. The number of hydrogen-bond donors (Lipinski definition) is 2. The molecular formula is C13H17ClN2O2. The third kappa shape index (κ3) is 4.20. The van der Waals surface area contributed by atoms with Crippen molar-refractivity contribution in [3.05, 3.63) is 29.3 Å². The second-order valence-electron chi connectivity index (χ2n) is 4.44. The number of halogens is 1. The zero-order valence-electron chi connectivity index (χ0n) is 10.1. The highest BCUT2D eigenvalue weighted by atomic mass is 35.5. The summed E-state index contributed by atoms with van der Waals surface area (Å²) < 4.78 is 5.19. The summed E-state index contributed by atoms with van der Waals surface area (Å²) in [6.07, 6.45) is 1.84. The van der Waals surface area contributed by atoms with E-state index in [1.165, 1.54) is 0 Å². The van der Waals surface area contributed by atoms with E-state index in [0.717, 1.165) is 25.9 Å². The molecule has 1 aromatic carbocycles. The smallest absolute Gasteiger partial charge is 0.411 e. The van der Waals surface area contributed by atoms with Crippen LogP contribution in [0.3, 0.4) is 0 Å². The average molecular weight is 269 g/mol. The van der Waals surface area contributed by atoms with Crippen LogP contribution in [0.15, 0.2) is 24.3 Å². The molecule has 1 unspecified atom stereocenters. The Morgan fingerprint density at radius 2 is 2.22 bits per heavy atom. The van der Waals surface area contributed by atoms with Gasteiger partial charge in [-0.2, -0.15) is 0 Å². The van der Waals surface area contributed by atoms with E-state index in [-0.39, 0.29) is 0 Å². The molecule has 0 aromatic heterocycles. The number of ether oxygens (including phenoxy) is 1. The van der Waals surface area contributed by atoms with Crippen molar-refractivity contribution in [3.8, 4) is 0 Å². The Hall–Kier alpha value is -1.26. The maximum atomic E-state index is 11.6. The van der Waals surface area contributed by atoms with Crippen LogP contribution in [-0.2, 0) is 4.74 Å². The monoisotopic (exact) mass is 268 g/mol. The summed E-state index contributed by atoms with van der Waals surface area (Å²) in [7, 11) is 0. The maximum absolute atomic E-state index is 11.6. The van der Waals surface area contributed by atoms with Crippen LogP contribution in [0.2, 0.25) is 5.02 Å². The molecule has 0 radical (unpaired) electrons.